The smallest absolute Gasteiger partial charge is 0.118 e. The monoisotopic (exact) mass is 303 g/mol. The van der Waals surface area contributed by atoms with Crippen molar-refractivity contribution < 1.29 is 4.74 Å². The highest BCUT2D eigenvalue weighted by Crippen LogP contribution is 2.19. The molecule has 0 aliphatic carbocycles. The van der Waals surface area contributed by atoms with Gasteiger partial charge >= 0.3 is 0 Å². The van der Waals surface area contributed by atoms with E-state index in [1.807, 2.05) is 55.5 Å². The van der Waals surface area contributed by atoms with Gasteiger partial charge in [-0.3, -0.25) is 4.99 Å². The highest BCUT2D eigenvalue weighted by molar-refractivity contribution is 9.10. The van der Waals surface area contributed by atoms with E-state index < -0.39 is 0 Å². The van der Waals surface area contributed by atoms with E-state index in [9.17, 15) is 0 Å². The standard InChI is InChI=1S/C15H14BrNO/c1-11(12-3-9-15(18-2)10-4-12)17-14-7-5-13(16)6-8-14/h3-10H,1-2H3/b17-11+. The fourth-order valence-electron chi connectivity index (χ4n) is 1.61. The molecule has 0 unspecified atom stereocenters. The van der Waals surface area contributed by atoms with Gasteiger partial charge in [-0.05, 0) is 61.0 Å². The van der Waals surface area contributed by atoms with Gasteiger partial charge in [0, 0.05) is 10.2 Å². The highest BCUT2D eigenvalue weighted by Gasteiger charge is 1.98. The van der Waals surface area contributed by atoms with Gasteiger partial charge < -0.3 is 4.74 Å². The van der Waals surface area contributed by atoms with Crippen LogP contribution in [-0.2, 0) is 0 Å². The molecule has 0 aliphatic heterocycles. The molecule has 0 saturated carbocycles. The van der Waals surface area contributed by atoms with Crippen LogP contribution in [0, 0.1) is 0 Å². The molecule has 92 valence electrons. The third-order valence-corrected chi connectivity index (χ3v) is 3.16. The quantitative estimate of drug-likeness (QED) is 0.760. The molecule has 18 heavy (non-hydrogen) atoms. The molecule has 0 aromatic heterocycles. The van der Waals surface area contributed by atoms with E-state index in [1.165, 1.54) is 0 Å². The van der Waals surface area contributed by atoms with Crippen LogP contribution in [0.2, 0.25) is 0 Å². The van der Waals surface area contributed by atoms with Gasteiger partial charge in [0.15, 0.2) is 0 Å². The van der Waals surface area contributed by atoms with Gasteiger partial charge in [0.2, 0.25) is 0 Å². The molecule has 2 rings (SSSR count). The van der Waals surface area contributed by atoms with Crippen molar-refractivity contribution in [1.82, 2.24) is 0 Å². The molecule has 0 N–H and O–H groups in total. The predicted molar refractivity (Wildman–Crippen MR) is 79.0 cm³/mol. The lowest BCUT2D eigenvalue weighted by Gasteiger charge is -2.03. The normalized spacial score (nSPS) is 11.4. The van der Waals surface area contributed by atoms with Gasteiger partial charge in [-0.2, -0.15) is 0 Å². The molecule has 0 saturated heterocycles. The zero-order chi connectivity index (χ0) is 13.0. The number of aliphatic imine (C=N–C) groups is 1. The summed E-state index contributed by atoms with van der Waals surface area (Å²) in [6.07, 6.45) is 0. The van der Waals surface area contributed by atoms with Gasteiger partial charge in [0.05, 0.1) is 12.8 Å². The van der Waals surface area contributed by atoms with Gasteiger partial charge in [-0.25, -0.2) is 0 Å². The minimum atomic E-state index is 0.857. The van der Waals surface area contributed by atoms with Crippen LogP contribution >= 0.6 is 15.9 Å². The zero-order valence-electron chi connectivity index (χ0n) is 10.4. The molecule has 3 heteroatoms. The Kier molecular flexibility index (Phi) is 4.15. The first-order chi connectivity index (χ1) is 8.69. The summed E-state index contributed by atoms with van der Waals surface area (Å²) in [6, 6.07) is 15.8. The van der Waals surface area contributed by atoms with Crippen LogP contribution in [0.5, 0.6) is 5.75 Å². The zero-order valence-corrected chi connectivity index (χ0v) is 11.9. The van der Waals surface area contributed by atoms with E-state index in [1.54, 1.807) is 7.11 Å². The molecule has 0 amide bonds. The highest BCUT2D eigenvalue weighted by atomic mass is 79.9. The Balaban J connectivity index is 2.23. The number of nitrogens with zero attached hydrogens (tertiary/aromatic N) is 1. The second-order valence-electron chi connectivity index (χ2n) is 3.90. The van der Waals surface area contributed by atoms with Crippen molar-refractivity contribution in [2.75, 3.05) is 7.11 Å². The molecule has 2 aromatic carbocycles. The maximum atomic E-state index is 5.14. The average Bonchev–Trinajstić information content (AvgIpc) is 2.41. The van der Waals surface area contributed by atoms with Crippen LogP contribution in [0.4, 0.5) is 5.69 Å². The van der Waals surface area contributed by atoms with Crippen molar-refractivity contribution in [1.29, 1.82) is 0 Å². The Morgan fingerprint density at radius 3 is 2.17 bits per heavy atom. The molecular formula is C15H14BrNO. The van der Waals surface area contributed by atoms with Crippen molar-refractivity contribution in [2.24, 2.45) is 4.99 Å². The fourth-order valence-corrected chi connectivity index (χ4v) is 1.87. The van der Waals surface area contributed by atoms with Crippen LogP contribution in [0.1, 0.15) is 12.5 Å². The van der Waals surface area contributed by atoms with Crippen molar-refractivity contribution in [3.05, 3.63) is 58.6 Å². The third kappa shape index (κ3) is 3.20. The lowest BCUT2D eigenvalue weighted by Crippen LogP contribution is -1.93. The number of halogens is 1. The molecule has 0 spiro atoms. The number of ether oxygens (including phenoxy) is 1. The lowest BCUT2D eigenvalue weighted by molar-refractivity contribution is 0.415. The molecular weight excluding hydrogens is 290 g/mol. The molecule has 0 fully saturated rings. The van der Waals surface area contributed by atoms with Crippen LogP contribution in [0.15, 0.2) is 58.0 Å². The first-order valence-corrected chi connectivity index (χ1v) is 6.43. The Labute approximate surface area is 115 Å². The SMILES string of the molecule is COc1ccc(/C(C)=N/c2ccc(Br)cc2)cc1. The van der Waals surface area contributed by atoms with Crippen molar-refractivity contribution in [2.45, 2.75) is 6.92 Å². The van der Waals surface area contributed by atoms with Gasteiger partial charge in [0.1, 0.15) is 5.75 Å². The summed E-state index contributed by atoms with van der Waals surface area (Å²) in [5.74, 6) is 0.857. The minimum Gasteiger partial charge on any atom is -0.497 e. The van der Waals surface area contributed by atoms with E-state index in [2.05, 4.69) is 20.9 Å². The number of methoxy groups -OCH3 is 1. The van der Waals surface area contributed by atoms with Crippen molar-refractivity contribution in [3.63, 3.8) is 0 Å². The molecule has 0 bridgehead atoms. The summed E-state index contributed by atoms with van der Waals surface area (Å²) < 4.78 is 6.19. The third-order valence-electron chi connectivity index (χ3n) is 2.63. The van der Waals surface area contributed by atoms with Crippen molar-refractivity contribution >= 4 is 27.3 Å². The molecule has 0 radical (unpaired) electrons. The van der Waals surface area contributed by atoms with Crippen molar-refractivity contribution in [3.8, 4) is 5.75 Å². The summed E-state index contributed by atoms with van der Waals surface area (Å²) in [4.78, 5) is 4.58. The van der Waals surface area contributed by atoms with E-state index in [0.717, 1.165) is 27.2 Å². The predicted octanol–water partition coefficient (Wildman–Crippen LogP) is 4.60. The number of benzene rings is 2. The number of hydrogen-bond donors (Lipinski definition) is 0. The Hall–Kier alpha value is -1.61. The molecule has 0 atom stereocenters. The van der Waals surface area contributed by atoms with Gasteiger partial charge in [0.25, 0.3) is 0 Å². The van der Waals surface area contributed by atoms with Gasteiger partial charge in [-0.15, -0.1) is 0 Å². The summed E-state index contributed by atoms with van der Waals surface area (Å²) >= 11 is 3.41. The van der Waals surface area contributed by atoms with Crippen LogP contribution in [0.25, 0.3) is 0 Å². The lowest BCUT2D eigenvalue weighted by atomic mass is 10.1. The first-order valence-electron chi connectivity index (χ1n) is 5.64. The van der Waals surface area contributed by atoms with Crippen LogP contribution < -0.4 is 4.74 Å². The Morgan fingerprint density at radius 2 is 1.61 bits per heavy atom. The number of hydrogen-bond acceptors (Lipinski definition) is 2. The van der Waals surface area contributed by atoms with E-state index in [-0.39, 0.29) is 0 Å². The second-order valence-corrected chi connectivity index (χ2v) is 4.82. The minimum absolute atomic E-state index is 0.857. The molecule has 0 heterocycles. The number of rotatable bonds is 3. The summed E-state index contributed by atoms with van der Waals surface area (Å²) in [6.45, 7) is 2.00. The summed E-state index contributed by atoms with van der Waals surface area (Å²) in [7, 11) is 1.66. The molecule has 0 aliphatic rings. The fraction of sp³-hybridized carbons (Fsp3) is 0.133. The van der Waals surface area contributed by atoms with E-state index in [4.69, 9.17) is 4.74 Å². The Bertz CT molecular complexity index is 544. The largest absolute Gasteiger partial charge is 0.497 e. The molecule has 2 nitrogen and oxygen atoms in total. The topological polar surface area (TPSA) is 21.6 Å². The second kappa shape index (κ2) is 5.83. The van der Waals surface area contributed by atoms with Gasteiger partial charge in [-0.1, -0.05) is 15.9 Å². The summed E-state index contributed by atoms with van der Waals surface area (Å²) in [5.41, 5.74) is 3.03. The first kappa shape index (κ1) is 12.8. The maximum absolute atomic E-state index is 5.14. The van der Waals surface area contributed by atoms with Crippen LogP contribution in [-0.4, -0.2) is 12.8 Å². The average molecular weight is 304 g/mol. The van der Waals surface area contributed by atoms with E-state index in [0.29, 0.717) is 0 Å². The van der Waals surface area contributed by atoms with E-state index >= 15 is 0 Å². The Morgan fingerprint density at radius 1 is 1.00 bits per heavy atom. The molecule has 2 aromatic rings. The maximum Gasteiger partial charge on any atom is 0.118 e. The summed E-state index contributed by atoms with van der Waals surface area (Å²) in [5, 5.41) is 0. The van der Waals surface area contributed by atoms with Crippen LogP contribution in [0.3, 0.4) is 0 Å².